The van der Waals surface area contributed by atoms with Crippen molar-refractivity contribution in [1.29, 1.82) is 0 Å². The fourth-order valence-corrected chi connectivity index (χ4v) is 4.59. The maximum atomic E-state index is 12.6. The summed E-state index contributed by atoms with van der Waals surface area (Å²) in [5.74, 6) is 0.861. The van der Waals surface area contributed by atoms with Crippen LogP contribution in [0.2, 0.25) is 0 Å². The van der Waals surface area contributed by atoms with E-state index in [9.17, 15) is 9.59 Å². The van der Waals surface area contributed by atoms with E-state index in [1.54, 1.807) is 12.1 Å². The number of amides is 2. The number of nitrogens with zero attached hydrogens (tertiary/aromatic N) is 3. The highest BCUT2D eigenvalue weighted by molar-refractivity contribution is 9.10. The van der Waals surface area contributed by atoms with E-state index >= 15 is 0 Å². The number of rotatable bonds is 9. The average Bonchev–Trinajstić information content (AvgIpc) is 3.22. The van der Waals surface area contributed by atoms with Crippen molar-refractivity contribution < 1.29 is 9.59 Å². The molecule has 0 radical (unpaired) electrons. The molecule has 0 unspecified atom stereocenters. The van der Waals surface area contributed by atoms with E-state index in [4.69, 9.17) is 0 Å². The van der Waals surface area contributed by atoms with Gasteiger partial charge in [-0.2, -0.15) is 0 Å². The van der Waals surface area contributed by atoms with Crippen LogP contribution in [0.25, 0.3) is 0 Å². The largest absolute Gasteiger partial charge is 0.342 e. The number of aromatic nitrogens is 3. The van der Waals surface area contributed by atoms with E-state index in [-0.39, 0.29) is 29.5 Å². The summed E-state index contributed by atoms with van der Waals surface area (Å²) in [4.78, 5) is 25.1. The summed E-state index contributed by atoms with van der Waals surface area (Å²) in [6, 6.07) is 14.6. The van der Waals surface area contributed by atoms with Gasteiger partial charge >= 0.3 is 0 Å². The van der Waals surface area contributed by atoms with E-state index in [1.807, 2.05) is 54.8 Å². The smallest absolute Gasteiger partial charge is 0.251 e. The van der Waals surface area contributed by atoms with E-state index in [0.717, 1.165) is 15.7 Å². The number of carbonyl (C=O) groups excluding carboxylic acids is 2. The van der Waals surface area contributed by atoms with Gasteiger partial charge in [0.15, 0.2) is 11.0 Å². The molecule has 9 heteroatoms. The number of hydrogen-bond acceptors (Lipinski definition) is 5. The number of nitrogens with one attached hydrogen (secondary N) is 2. The quantitative estimate of drug-likeness (QED) is 0.362. The third-order valence-corrected chi connectivity index (χ3v) is 6.53. The minimum Gasteiger partial charge on any atom is -0.342 e. The first kappa shape index (κ1) is 25.0. The second kappa shape index (κ2) is 11.5. The molecule has 7 nitrogen and oxygen atoms in total. The molecular formula is C24H28BrN5O2S. The number of carbonyl (C=O) groups is 2. The summed E-state index contributed by atoms with van der Waals surface area (Å²) in [7, 11) is 0. The highest BCUT2D eigenvalue weighted by Gasteiger charge is 2.20. The Balaban J connectivity index is 1.64. The molecule has 0 aliphatic carbocycles. The molecule has 2 aromatic carbocycles. The summed E-state index contributed by atoms with van der Waals surface area (Å²) in [6.07, 6.45) is 0. The summed E-state index contributed by atoms with van der Waals surface area (Å²) in [5.41, 5.74) is 2.48. The van der Waals surface area contributed by atoms with E-state index in [1.165, 1.54) is 11.8 Å². The van der Waals surface area contributed by atoms with E-state index < -0.39 is 0 Å². The molecule has 2 amide bonds. The molecule has 0 aliphatic heterocycles. The Morgan fingerprint density at radius 1 is 1.09 bits per heavy atom. The van der Waals surface area contributed by atoms with Gasteiger partial charge in [-0.05, 0) is 55.7 Å². The summed E-state index contributed by atoms with van der Waals surface area (Å²) in [6.45, 7) is 8.67. The van der Waals surface area contributed by atoms with Crippen molar-refractivity contribution in [2.24, 2.45) is 0 Å². The van der Waals surface area contributed by atoms with Gasteiger partial charge in [0.1, 0.15) is 0 Å². The van der Waals surface area contributed by atoms with Crippen LogP contribution in [0.4, 0.5) is 5.69 Å². The molecule has 1 heterocycles. The highest BCUT2D eigenvalue weighted by Crippen LogP contribution is 2.28. The van der Waals surface area contributed by atoms with Crippen molar-refractivity contribution >= 4 is 45.2 Å². The van der Waals surface area contributed by atoms with Gasteiger partial charge in [-0.15, -0.1) is 10.2 Å². The van der Waals surface area contributed by atoms with E-state index in [2.05, 4.69) is 50.6 Å². The minimum atomic E-state index is -0.329. The van der Waals surface area contributed by atoms with Crippen LogP contribution in [0.3, 0.4) is 0 Å². The highest BCUT2D eigenvalue weighted by atomic mass is 79.9. The Bertz CT molecular complexity index is 1120. The lowest BCUT2D eigenvalue weighted by molar-refractivity contribution is -0.113. The van der Waals surface area contributed by atoms with Crippen LogP contribution in [-0.4, -0.2) is 32.3 Å². The molecular weight excluding hydrogens is 502 g/mol. The number of halogens is 1. The maximum Gasteiger partial charge on any atom is 0.251 e. The topological polar surface area (TPSA) is 88.9 Å². The average molecular weight is 530 g/mol. The zero-order chi connectivity index (χ0) is 24.0. The Kier molecular flexibility index (Phi) is 8.68. The molecule has 0 saturated carbocycles. The van der Waals surface area contributed by atoms with Crippen LogP contribution in [-0.2, 0) is 11.3 Å². The molecule has 1 aromatic heterocycles. The standard InChI is InChI=1S/C24H28BrN5O2S/c1-5-30-22(16(4)26-23(32)17-9-7-6-8-10-17)28-29-24(30)33-14-21(31)27-20-12-11-18(25)13-19(20)15(2)3/h6-13,15-16H,5,14H2,1-4H3,(H,26,32)(H,27,31)/t16-/m1/s1. The van der Waals surface area contributed by atoms with Gasteiger partial charge in [0.05, 0.1) is 11.8 Å². The minimum absolute atomic E-state index is 0.109. The SMILES string of the molecule is CCn1c(SCC(=O)Nc2ccc(Br)cc2C(C)C)nnc1[C@@H](C)NC(=O)c1ccccc1. The predicted octanol–water partition coefficient (Wildman–Crippen LogP) is 5.41. The Labute approximate surface area is 206 Å². The van der Waals surface area contributed by atoms with Crippen LogP contribution in [0.1, 0.15) is 61.4 Å². The van der Waals surface area contributed by atoms with Gasteiger partial charge in [-0.25, -0.2) is 0 Å². The monoisotopic (exact) mass is 529 g/mol. The zero-order valence-electron chi connectivity index (χ0n) is 19.1. The maximum absolute atomic E-state index is 12.6. The molecule has 3 aromatic rings. The van der Waals surface area contributed by atoms with Crippen LogP contribution in [0.15, 0.2) is 58.2 Å². The zero-order valence-corrected chi connectivity index (χ0v) is 21.5. The number of anilines is 1. The van der Waals surface area contributed by atoms with Gasteiger partial charge in [-0.1, -0.05) is 59.7 Å². The first-order chi connectivity index (χ1) is 15.8. The van der Waals surface area contributed by atoms with Crippen molar-refractivity contribution in [3.05, 3.63) is 70.0 Å². The van der Waals surface area contributed by atoms with Crippen LogP contribution in [0, 0.1) is 0 Å². The number of benzene rings is 2. The van der Waals surface area contributed by atoms with Crippen molar-refractivity contribution in [3.8, 4) is 0 Å². The number of thioether (sulfide) groups is 1. The molecule has 0 bridgehead atoms. The lowest BCUT2D eigenvalue weighted by Gasteiger charge is -2.15. The lowest BCUT2D eigenvalue weighted by atomic mass is 10.0. The predicted molar refractivity (Wildman–Crippen MR) is 136 cm³/mol. The normalized spacial score (nSPS) is 11.9. The van der Waals surface area contributed by atoms with Crippen molar-refractivity contribution in [1.82, 2.24) is 20.1 Å². The van der Waals surface area contributed by atoms with E-state index in [0.29, 0.717) is 23.1 Å². The fraction of sp³-hybridized carbons (Fsp3) is 0.333. The first-order valence-electron chi connectivity index (χ1n) is 10.8. The molecule has 0 aliphatic rings. The Hall–Kier alpha value is -2.65. The second-order valence-corrected chi connectivity index (χ2v) is 9.73. The second-order valence-electron chi connectivity index (χ2n) is 7.87. The molecule has 33 heavy (non-hydrogen) atoms. The molecule has 2 N–H and O–H groups in total. The van der Waals surface area contributed by atoms with Crippen LogP contribution >= 0.6 is 27.7 Å². The fourth-order valence-electron chi connectivity index (χ4n) is 3.40. The van der Waals surface area contributed by atoms with Gasteiger partial charge in [0.25, 0.3) is 5.91 Å². The van der Waals surface area contributed by atoms with Gasteiger partial charge in [-0.3, -0.25) is 9.59 Å². The van der Waals surface area contributed by atoms with Crippen LogP contribution in [0.5, 0.6) is 0 Å². The van der Waals surface area contributed by atoms with Gasteiger partial charge < -0.3 is 15.2 Å². The van der Waals surface area contributed by atoms with Gasteiger partial charge in [0.2, 0.25) is 5.91 Å². The third-order valence-electron chi connectivity index (χ3n) is 5.07. The molecule has 1 atom stereocenters. The molecule has 174 valence electrons. The third kappa shape index (κ3) is 6.45. The van der Waals surface area contributed by atoms with Crippen LogP contribution < -0.4 is 10.6 Å². The lowest BCUT2D eigenvalue weighted by Crippen LogP contribution is -2.28. The molecule has 0 fully saturated rings. The van der Waals surface area contributed by atoms with Crippen molar-refractivity contribution in [2.75, 3.05) is 11.1 Å². The molecule has 3 rings (SSSR count). The first-order valence-corrected chi connectivity index (χ1v) is 12.6. The molecule has 0 saturated heterocycles. The number of hydrogen-bond donors (Lipinski definition) is 2. The van der Waals surface area contributed by atoms with Crippen molar-refractivity contribution in [3.63, 3.8) is 0 Å². The summed E-state index contributed by atoms with van der Waals surface area (Å²) < 4.78 is 2.91. The molecule has 0 spiro atoms. The summed E-state index contributed by atoms with van der Waals surface area (Å²) in [5, 5.41) is 15.2. The summed E-state index contributed by atoms with van der Waals surface area (Å²) >= 11 is 4.81. The Morgan fingerprint density at radius 3 is 2.48 bits per heavy atom. The Morgan fingerprint density at radius 2 is 1.82 bits per heavy atom. The van der Waals surface area contributed by atoms with Gasteiger partial charge in [0, 0.05) is 22.3 Å². The van der Waals surface area contributed by atoms with Crippen molar-refractivity contribution in [2.45, 2.75) is 51.4 Å².